The van der Waals surface area contributed by atoms with Crippen molar-refractivity contribution in [2.45, 2.75) is 11.3 Å². The molecule has 0 bridgehead atoms. The lowest BCUT2D eigenvalue weighted by Crippen LogP contribution is -2.23. The van der Waals surface area contributed by atoms with Gasteiger partial charge in [0.25, 0.3) is 10.0 Å². The van der Waals surface area contributed by atoms with E-state index in [0.717, 1.165) is 0 Å². The van der Waals surface area contributed by atoms with Crippen molar-refractivity contribution in [1.82, 2.24) is 14.5 Å². The SMILES string of the molecule is Cn1ccc(NC(=O)CCN=C2NS(=O)(=O)c3ccccc32)n1. The summed E-state index contributed by atoms with van der Waals surface area (Å²) in [5.41, 5.74) is 0.526. The maximum atomic E-state index is 11.9. The molecule has 1 aliphatic heterocycles. The summed E-state index contributed by atoms with van der Waals surface area (Å²) in [7, 11) is -1.79. The average molecular weight is 333 g/mol. The normalized spacial score (nSPS) is 16.8. The lowest BCUT2D eigenvalue weighted by atomic mass is 10.2. The average Bonchev–Trinajstić information content (AvgIpc) is 3.01. The predicted octanol–water partition coefficient (Wildman–Crippen LogP) is 0.487. The summed E-state index contributed by atoms with van der Waals surface area (Å²) in [5.74, 6) is 0.505. The lowest BCUT2D eigenvalue weighted by molar-refractivity contribution is -0.116. The molecule has 0 fully saturated rings. The first-order valence-electron chi connectivity index (χ1n) is 6.92. The molecule has 1 aromatic heterocycles. The van der Waals surface area contributed by atoms with Crippen LogP contribution in [0.25, 0.3) is 0 Å². The quantitative estimate of drug-likeness (QED) is 0.849. The van der Waals surface area contributed by atoms with E-state index in [0.29, 0.717) is 11.4 Å². The molecule has 3 rings (SSSR count). The number of rotatable bonds is 4. The zero-order chi connectivity index (χ0) is 16.4. The number of nitrogens with zero attached hydrogens (tertiary/aromatic N) is 3. The van der Waals surface area contributed by atoms with Gasteiger partial charge in [0.15, 0.2) is 5.82 Å². The number of hydrogen-bond donors (Lipinski definition) is 2. The van der Waals surface area contributed by atoms with E-state index in [1.165, 1.54) is 6.07 Å². The summed E-state index contributed by atoms with van der Waals surface area (Å²) < 4.78 is 27.8. The number of carbonyl (C=O) groups excluding carboxylic acids is 1. The molecule has 1 aromatic carbocycles. The summed E-state index contributed by atoms with van der Waals surface area (Å²) in [6.45, 7) is 0.171. The fourth-order valence-corrected chi connectivity index (χ4v) is 3.46. The molecule has 1 aliphatic rings. The van der Waals surface area contributed by atoms with Gasteiger partial charge in [-0.1, -0.05) is 12.1 Å². The first-order chi connectivity index (χ1) is 11.0. The molecule has 120 valence electrons. The molecule has 0 unspecified atom stereocenters. The molecule has 8 nitrogen and oxygen atoms in total. The van der Waals surface area contributed by atoms with Crippen molar-refractivity contribution < 1.29 is 13.2 Å². The highest BCUT2D eigenvalue weighted by Gasteiger charge is 2.29. The van der Waals surface area contributed by atoms with Gasteiger partial charge in [-0.05, 0) is 12.1 Å². The van der Waals surface area contributed by atoms with Crippen LogP contribution in [-0.2, 0) is 21.9 Å². The van der Waals surface area contributed by atoms with Crippen LogP contribution in [0, 0.1) is 0 Å². The second-order valence-electron chi connectivity index (χ2n) is 5.00. The smallest absolute Gasteiger partial charge is 0.263 e. The van der Waals surface area contributed by atoms with Gasteiger partial charge in [0.05, 0.1) is 11.4 Å². The molecule has 2 heterocycles. The summed E-state index contributed by atoms with van der Waals surface area (Å²) in [4.78, 5) is 16.2. The minimum atomic E-state index is -3.55. The van der Waals surface area contributed by atoms with Crippen molar-refractivity contribution in [3.05, 3.63) is 42.1 Å². The van der Waals surface area contributed by atoms with Crippen LogP contribution < -0.4 is 10.0 Å². The fourth-order valence-electron chi connectivity index (χ4n) is 2.21. The van der Waals surface area contributed by atoms with Crippen LogP contribution in [0.2, 0.25) is 0 Å². The number of amides is 1. The molecule has 0 atom stereocenters. The van der Waals surface area contributed by atoms with Crippen LogP contribution in [0.1, 0.15) is 12.0 Å². The van der Waals surface area contributed by atoms with E-state index >= 15 is 0 Å². The number of fused-ring (bicyclic) bond motifs is 1. The standard InChI is InChI=1S/C14H15N5O3S/c1-19-9-7-12(17-19)16-13(20)6-8-15-14-10-4-2-3-5-11(10)23(21,22)18-14/h2-5,7,9H,6,8H2,1H3,(H,15,18)(H,16,17,20). The number of amidine groups is 1. The van der Waals surface area contributed by atoms with Gasteiger partial charge in [0, 0.05) is 31.3 Å². The van der Waals surface area contributed by atoms with Crippen LogP contribution in [0.5, 0.6) is 0 Å². The highest BCUT2D eigenvalue weighted by molar-refractivity contribution is 7.90. The van der Waals surface area contributed by atoms with Crippen molar-refractivity contribution in [3.8, 4) is 0 Å². The minimum absolute atomic E-state index is 0.129. The number of aliphatic imine (C=N–C) groups is 1. The van der Waals surface area contributed by atoms with E-state index in [-0.39, 0.29) is 29.6 Å². The van der Waals surface area contributed by atoms with Crippen molar-refractivity contribution in [2.24, 2.45) is 12.0 Å². The predicted molar refractivity (Wildman–Crippen MR) is 84.6 cm³/mol. The molecule has 0 radical (unpaired) electrons. The van der Waals surface area contributed by atoms with Crippen LogP contribution in [-0.4, -0.2) is 36.5 Å². The monoisotopic (exact) mass is 333 g/mol. The number of aryl methyl sites for hydroxylation is 1. The molecular formula is C14H15N5O3S. The Hall–Kier alpha value is -2.68. The third-order valence-corrected chi connectivity index (χ3v) is 4.65. The molecule has 0 saturated heterocycles. The summed E-state index contributed by atoms with van der Waals surface area (Å²) >= 11 is 0. The number of nitrogens with one attached hydrogen (secondary N) is 2. The Balaban J connectivity index is 1.64. The highest BCUT2D eigenvalue weighted by atomic mass is 32.2. The molecule has 0 spiro atoms. The van der Waals surface area contributed by atoms with Crippen molar-refractivity contribution in [2.75, 3.05) is 11.9 Å². The Labute approximate surface area is 133 Å². The van der Waals surface area contributed by atoms with E-state index in [9.17, 15) is 13.2 Å². The molecule has 2 aromatic rings. The van der Waals surface area contributed by atoms with E-state index in [4.69, 9.17) is 0 Å². The third kappa shape index (κ3) is 3.24. The number of carbonyl (C=O) groups is 1. The topological polar surface area (TPSA) is 105 Å². The third-order valence-electron chi connectivity index (χ3n) is 3.25. The number of anilines is 1. The van der Waals surface area contributed by atoms with Gasteiger partial charge >= 0.3 is 0 Å². The van der Waals surface area contributed by atoms with Gasteiger partial charge in [-0.25, -0.2) is 8.42 Å². The summed E-state index contributed by atoms with van der Waals surface area (Å²) in [6.07, 6.45) is 1.85. The Bertz CT molecular complexity index is 885. The highest BCUT2D eigenvalue weighted by Crippen LogP contribution is 2.22. The lowest BCUT2D eigenvalue weighted by Gasteiger charge is -2.01. The molecule has 23 heavy (non-hydrogen) atoms. The molecule has 0 saturated carbocycles. The van der Waals surface area contributed by atoms with Crippen LogP contribution in [0.15, 0.2) is 46.4 Å². The zero-order valence-electron chi connectivity index (χ0n) is 12.4. The molecule has 1 amide bonds. The van der Waals surface area contributed by atoms with Gasteiger partial charge in [-0.15, -0.1) is 0 Å². The number of benzene rings is 1. The maximum Gasteiger partial charge on any atom is 0.263 e. The van der Waals surface area contributed by atoms with Gasteiger partial charge in [0.1, 0.15) is 5.84 Å². The van der Waals surface area contributed by atoms with E-state index in [1.807, 2.05) is 0 Å². The van der Waals surface area contributed by atoms with Gasteiger partial charge in [0.2, 0.25) is 5.91 Å². The molecule has 9 heteroatoms. The summed E-state index contributed by atoms with van der Waals surface area (Å²) in [6, 6.07) is 8.28. The first-order valence-corrected chi connectivity index (χ1v) is 8.40. The number of hydrogen-bond acceptors (Lipinski definition) is 5. The minimum Gasteiger partial charge on any atom is -0.309 e. The van der Waals surface area contributed by atoms with Crippen LogP contribution in [0.4, 0.5) is 5.82 Å². The van der Waals surface area contributed by atoms with E-state index < -0.39 is 10.0 Å². The number of sulfonamides is 1. The Kier molecular flexibility index (Phi) is 3.87. The molecule has 2 N–H and O–H groups in total. The van der Waals surface area contributed by atoms with Gasteiger partial charge < -0.3 is 5.32 Å². The Morgan fingerprint density at radius 2 is 2.13 bits per heavy atom. The van der Waals surface area contributed by atoms with E-state index in [2.05, 4.69) is 20.1 Å². The van der Waals surface area contributed by atoms with Crippen molar-refractivity contribution in [3.63, 3.8) is 0 Å². The van der Waals surface area contributed by atoms with Crippen molar-refractivity contribution >= 4 is 27.6 Å². The second-order valence-corrected chi connectivity index (χ2v) is 6.66. The maximum absolute atomic E-state index is 11.9. The van der Waals surface area contributed by atoms with Gasteiger partial charge in [-0.2, -0.15) is 5.10 Å². The van der Waals surface area contributed by atoms with Crippen LogP contribution >= 0.6 is 0 Å². The number of aromatic nitrogens is 2. The zero-order valence-corrected chi connectivity index (χ0v) is 13.2. The second kappa shape index (κ2) is 5.84. The van der Waals surface area contributed by atoms with Gasteiger partial charge in [-0.3, -0.25) is 19.2 Å². The largest absolute Gasteiger partial charge is 0.309 e. The van der Waals surface area contributed by atoms with E-state index in [1.54, 1.807) is 42.2 Å². The fraction of sp³-hybridized carbons (Fsp3) is 0.214. The Morgan fingerprint density at radius 1 is 1.35 bits per heavy atom. The molecule has 0 aliphatic carbocycles. The first kappa shape index (κ1) is 15.2. The van der Waals surface area contributed by atoms with Crippen LogP contribution in [0.3, 0.4) is 0 Å². The summed E-state index contributed by atoms with van der Waals surface area (Å²) in [5, 5.41) is 6.69. The van der Waals surface area contributed by atoms with Crippen molar-refractivity contribution in [1.29, 1.82) is 0 Å². The Morgan fingerprint density at radius 3 is 2.87 bits per heavy atom. The molecular weight excluding hydrogens is 318 g/mol.